The van der Waals surface area contributed by atoms with Gasteiger partial charge in [-0.2, -0.15) is 0 Å². The van der Waals surface area contributed by atoms with Gasteiger partial charge in [0.05, 0.1) is 13.2 Å². The van der Waals surface area contributed by atoms with Crippen molar-refractivity contribution in [1.82, 2.24) is 15.1 Å². The SMILES string of the molecule is CCN(Cc1ccccc1)C(=O)NCC(C)(C)N1CCOCC1. The second-order valence-electron chi connectivity index (χ2n) is 6.57. The number of morpholine rings is 1. The number of rotatable bonds is 6. The van der Waals surface area contributed by atoms with Gasteiger partial charge in [-0.25, -0.2) is 4.79 Å². The summed E-state index contributed by atoms with van der Waals surface area (Å²) in [5.74, 6) is 0. The van der Waals surface area contributed by atoms with Crippen molar-refractivity contribution in [2.75, 3.05) is 39.4 Å². The quantitative estimate of drug-likeness (QED) is 0.875. The maximum absolute atomic E-state index is 12.5. The number of hydrogen-bond acceptors (Lipinski definition) is 3. The molecular formula is C18H29N3O2. The molecule has 2 amide bonds. The van der Waals surface area contributed by atoms with Crippen LogP contribution in [0.3, 0.4) is 0 Å². The standard InChI is InChI=1S/C18H29N3O2/c1-4-20(14-16-8-6-5-7-9-16)17(22)19-15-18(2,3)21-10-12-23-13-11-21/h5-9H,4,10-15H2,1-3H3,(H,19,22). The van der Waals surface area contributed by atoms with Gasteiger partial charge in [-0.15, -0.1) is 0 Å². The molecule has 1 aromatic rings. The first-order valence-corrected chi connectivity index (χ1v) is 8.42. The molecule has 0 aliphatic carbocycles. The lowest BCUT2D eigenvalue weighted by Gasteiger charge is -2.41. The molecule has 1 aliphatic heterocycles. The van der Waals surface area contributed by atoms with Crippen LogP contribution >= 0.6 is 0 Å². The van der Waals surface area contributed by atoms with Crippen molar-refractivity contribution in [3.05, 3.63) is 35.9 Å². The number of hydrogen-bond donors (Lipinski definition) is 1. The maximum atomic E-state index is 12.5. The number of nitrogens with zero attached hydrogens (tertiary/aromatic N) is 2. The number of urea groups is 1. The molecule has 1 saturated heterocycles. The Morgan fingerprint density at radius 1 is 1.26 bits per heavy atom. The highest BCUT2D eigenvalue weighted by molar-refractivity contribution is 5.74. The molecule has 1 fully saturated rings. The van der Waals surface area contributed by atoms with Gasteiger partial charge in [0.15, 0.2) is 0 Å². The predicted molar refractivity (Wildman–Crippen MR) is 92.4 cm³/mol. The summed E-state index contributed by atoms with van der Waals surface area (Å²) in [6, 6.07) is 10.1. The summed E-state index contributed by atoms with van der Waals surface area (Å²) in [7, 11) is 0. The molecule has 0 unspecified atom stereocenters. The van der Waals surface area contributed by atoms with Crippen molar-refractivity contribution in [3.8, 4) is 0 Å². The normalized spacial score (nSPS) is 16.1. The smallest absolute Gasteiger partial charge is 0.317 e. The number of nitrogens with one attached hydrogen (secondary N) is 1. The van der Waals surface area contributed by atoms with Crippen molar-refractivity contribution < 1.29 is 9.53 Å². The van der Waals surface area contributed by atoms with E-state index in [0.29, 0.717) is 19.6 Å². The van der Waals surface area contributed by atoms with E-state index in [2.05, 4.69) is 24.1 Å². The van der Waals surface area contributed by atoms with Crippen LogP contribution in [0.15, 0.2) is 30.3 Å². The van der Waals surface area contributed by atoms with E-state index < -0.39 is 0 Å². The summed E-state index contributed by atoms with van der Waals surface area (Å²) < 4.78 is 5.41. The Labute approximate surface area is 139 Å². The molecular weight excluding hydrogens is 290 g/mol. The second kappa shape index (κ2) is 8.31. The molecule has 5 nitrogen and oxygen atoms in total. The molecule has 0 radical (unpaired) electrons. The lowest BCUT2D eigenvalue weighted by Crippen LogP contribution is -2.56. The second-order valence-corrected chi connectivity index (χ2v) is 6.57. The van der Waals surface area contributed by atoms with Crippen LogP contribution in [-0.4, -0.2) is 60.8 Å². The molecule has 0 spiro atoms. The van der Waals surface area contributed by atoms with Gasteiger partial charge in [0, 0.05) is 38.3 Å². The highest BCUT2D eigenvalue weighted by atomic mass is 16.5. The monoisotopic (exact) mass is 319 g/mol. The number of ether oxygens (including phenoxy) is 1. The molecule has 1 aliphatic rings. The zero-order chi connectivity index (χ0) is 16.7. The third-order valence-corrected chi connectivity index (χ3v) is 4.42. The molecule has 2 rings (SSSR count). The van der Waals surface area contributed by atoms with Gasteiger partial charge in [-0.3, -0.25) is 4.90 Å². The van der Waals surface area contributed by atoms with E-state index in [9.17, 15) is 4.79 Å². The molecule has 128 valence electrons. The number of carbonyl (C=O) groups is 1. The number of benzene rings is 1. The summed E-state index contributed by atoms with van der Waals surface area (Å²) in [6.07, 6.45) is 0. The zero-order valence-electron chi connectivity index (χ0n) is 14.5. The summed E-state index contributed by atoms with van der Waals surface area (Å²) >= 11 is 0. The molecule has 0 bridgehead atoms. The molecule has 1 aromatic carbocycles. The number of amides is 2. The van der Waals surface area contributed by atoms with Gasteiger partial charge in [0.2, 0.25) is 0 Å². The Bertz CT molecular complexity index is 484. The van der Waals surface area contributed by atoms with E-state index in [-0.39, 0.29) is 11.6 Å². The van der Waals surface area contributed by atoms with Gasteiger partial charge in [-0.1, -0.05) is 30.3 Å². The average molecular weight is 319 g/mol. The molecule has 0 atom stereocenters. The third kappa shape index (κ3) is 5.22. The van der Waals surface area contributed by atoms with Crippen molar-refractivity contribution in [1.29, 1.82) is 0 Å². The Kier molecular flexibility index (Phi) is 6.42. The Balaban J connectivity index is 1.86. The largest absolute Gasteiger partial charge is 0.379 e. The van der Waals surface area contributed by atoms with Crippen LogP contribution in [0.2, 0.25) is 0 Å². The first-order chi connectivity index (χ1) is 11.0. The minimum absolute atomic E-state index is 0.00214. The minimum Gasteiger partial charge on any atom is -0.379 e. The van der Waals surface area contributed by atoms with Crippen molar-refractivity contribution in [2.24, 2.45) is 0 Å². The van der Waals surface area contributed by atoms with E-state index in [1.54, 1.807) is 0 Å². The highest BCUT2D eigenvalue weighted by Crippen LogP contribution is 2.15. The van der Waals surface area contributed by atoms with Crippen LogP contribution < -0.4 is 5.32 Å². The lowest BCUT2D eigenvalue weighted by molar-refractivity contribution is -0.00905. The molecule has 0 saturated carbocycles. The third-order valence-electron chi connectivity index (χ3n) is 4.42. The van der Waals surface area contributed by atoms with Crippen LogP contribution in [0.5, 0.6) is 0 Å². The Morgan fingerprint density at radius 2 is 1.91 bits per heavy atom. The van der Waals surface area contributed by atoms with E-state index in [4.69, 9.17) is 4.74 Å². The van der Waals surface area contributed by atoms with Gasteiger partial charge < -0.3 is 15.0 Å². The molecule has 1 N–H and O–H groups in total. The Hall–Kier alpha value is -1.59. The van der Waals surface area contributed by atoms with Crippen molar-refractivity contribution in [3.63, 3.8) is 0 Å². The van der Waals surface area contributed by atoms with E-state index in [0.717, 1.165) is 31.9 Å². The fourth-order valence-electron chi connectivity index (χ4n) is 2.82. The molecule has 1 heterocycles. The predicted octanol–water partition coefficient (Wildman–Crippen LogP) is 2.33. The van der Waals surface area contributed by atoms with Crippen LogP contribution in [0.1, 0.15) is 26.3 Å². The molecule has 23 heavy (non-hydrogen) atoms. The van der Waals surface area contributed by atoms with Gasteiger partial charge in [-0.05, 0) is 26.3 Å². The van der Waals surface area contributed by atoms with E-state index in [1.807, 2.05) is 42.2 Å². The topological polar surface area (TPSA) is 44.8 Å². The van der Waals surface area contributed by atoms with Crippen LogP contribution in [0.25, 0.3) is 0 Å². The number of carbonyl (C=O) groups excluding carboxylic acids is 1. The fourth-order valence-corrected chi connectivity index (χ4v) is 2.82. The molecule has 5 heteroatoms. The zero-order valence-corrected chi connectivity index (χ0v) is 14.5. The van der Waals surface area contributed by atoms with Crippen LogP contribution in [-0.2, 0) is 11.3 Å². The van der Waals surface area contributed by atoms with Crippen LogP contribution in [0.4, 0.5) is 4.79 Å². The van der Waals surface area contributed by atoms with E-state index >= 15 is 0 Å². The summed E-state index contributed by atoms with van der Waals surface area (Å²) in [4.78, 5) is 16.7. The summed E-state index contributed by atoms with van der Waals surface area (Å²) in [5, 5.41) is 3.10. The van der Waals surface area contributed by atoms with E-state index in [1.165, 1.54) is 0 Å². The lowest BCUT2D eigenvalue weighted by atomic mass is 10.0. The first kappa shape index (κ1) is 17.8. The maximum Gasteiger partial charge on any atom is 0.317 e. The Morgan fingerprint density at radius 3 is 2.52 bits per heavy atom. The average Bonchev–Trinajstić information content (AvgIpc) is 2.59. The fraction of sp³-hybridized carbons (Fsp3) is 0.611. The van der Waals surface area contributed by atoms with Gasteiger partial charge >= 0.3 is 6.03 Å². The molecule has 0 aromatic heterocycles. The first-order valence-electron chi connectivity index (χ1n) is 8.42. The summed E-state index contributed by atoms with van der Waals surface area (Å²) in [5.41, 5.74) is 1.09. The summed E-state index contributed by atoms with van der Waals surface area (Å²) in [6.45, 7) is 11.7. The van der Waals surface area contributed by atoms with Crippen molar-refractivity contribution >= 4 is 6.03 Å². The van der Waals surface area contributed by atoms with Crippen LogP contribution in [0, 0.1) is 0 Å². The highest BCUT2D eigenvalue weighted by Gasteiger charge is 2.29. The van der Waals surface area contributed by atoms with Crippen molar-refractivity contribution in [2.45, 2.75) is 32.9 Å². The minimum atomic E-state index is -0.0639. The van der Waals surface area contributed by atoms with Gasteiger partial charge in [0.1, 0.15) is 0 Å². The van der Waals surface area contributed by atoms with Gasteiger partial charge in [0.25, 0.3) is 0 Å².